The maximum absolute atomic E-state index is 11.8. The highest BCUT2D eigenvalue weighted by atomic mass is 16.7. The van der Waals surface area contributed by atoms with E-state index in [2.05, 4.69) is 9.47 Å². The molecule has 8 heteroatoms. The minimum Gasteiger partial charge on any atom is -0.434 e. The Kier molecular flexibility index (Phi) is 6.06. The average Bonchev–Trinajstić information content (AvgIpc) is 2.37. The van der Waals surface area contributed by atoms with Crippen molar-refractivity contribution in [3.63, 3.8) is 0 Å². The molecule has 1 aromatic carbocycles. The number of hydrogen-bond donors (Lipinski definition) is 0. The van der Waals surface area contributed by atoms with Crippen molar-refractivity contribution in [2.45, 2.75) is 20.8 Å². The van der Waals surface area contributed by atoms with E-state index in [-0.39, 0.29) is 23.7 Å². The van der Waals surface area contributed by atoms with Crippen molar-refractivity contribution in [2.24, 2.45) is 0 Å². The van der Waals surface area contributed by atoms with E-state index in [0.717, 1.165) is 13.0 Å². The summed E-state index contributed by atoms with van der Waals surface area (Å²) in [4.78, 5) is 44.9. The van der Waals surface area contributed by atoms with E-state index in [0.29, 0.717) is 0 Å². The molecule has 0 aromatic heterocycles. The number of carbonyl (C=O) groups is 4. The van der Waals surface area contributed by atoms with Crippen molar-refractivity contribution < 1.29 is 38.1 Å². The summed E-state index contributed by atoms with van der Waals surface area (Å²) in [6.45, 7) is 3.89. The number of esters is 3. The summed E-state index contributed by atoms with van der Waals surface area (Å²) in [7, 11) is 0. The largest absolute Gasteiger partial charge is 0.516 e. The molecule has 118 valence electrons. The van der Waals surface area contributed by atoms with E-state index in [1.165, 1.54) is 19.1 Å². The lowest BCUT2D eigenvalue weighted by Gasteiger charge is -2.10. The number of rotatable bonds is 4. The Labute approximate surface area is 125 Å². The molecule has 0 saturated carbocycles. The molecule has 8 nitrogen and oxygen atoms in total. The summed E-state index contributed by atoms with van der Waals surface area (Å²) in [5.41, 5.74) is -0.195. The first-order valence-electron chi connectivity index (χ1n) is 6.23. The first-order valence-corrected chi connectivity index (χ1v) is 6.23. The topological polar surface area (TPSA) is 105 Å². The fourth-order valence-electron chi connectivity index (χ4n) is 1.42. The lowest BCUT2D eigenvalue weighted by Crippen LogP contribution is -2.16. The van der Waals surface area contributed by atoms with Gasteiger partial charge in [0.05, 0.1) is 6.61 Å². The van der Waals surface area contributed by atoms with Crippen LogP contribution in [0.15, 0.2) is 18.2 Å². The Morgan fingerprint density at radius 2 is 1.64 bits per heavy atom. The SMILES string of the molecule is CCOC(=O)OC(=O)c1ccc(OC(C)=O)cc1OC(C)=O. The summed E-state index contributed by atoms with van der Waals surface area (Å²) in [5, 5.41) is 0. The van der Waals surface area contributed by atoms with Gasteiger partial charge < -0.3 is 18.9 Å². The summed E-state index contributed by atoms with van der Waals surface area (Å²) in [6.07, 6.45) is -1.18. The highest BCUT2D eigenvalue weighted by Crippen LogP contribution is 2.26. The molecular formula is C14H14O8. The van der Waals surface area contributed by atoms with Crippen LogP contribution in [-0.2, 0) is 19.1 Å². The normalized spacial score (nSPS) is 9.59. The van der Waals surface area contributed by atoms with Crippen LogP contribution in [0.25, 0.3) is 0 Å². The molecule has 0 atom stereocenters. The molecule has 0 amide bonds. The van der Waals surface area contributed by atoms with Gasteiger partial charge in [-0.05, 0) is 19.1 Å². The van der Waals surface area contributed by atoms with E-state index < -0.39 is 24.1 Å². The van der Waals surface area contributed by atoms with Crippen molar-refractivity contribution in [1.29, 1.82) is 0 Å². The van der Waals surface area contributed by atoms with Gasteiger partial charge in [0.15, 0.2) is 0 Å². The standard InChI is InChI=1S/C14H14O8/c1-4-19-14(18)22-13(17)11-6-5-10(20-8(2)15)7-12(11)21-9(3)16/h5-7H,4H2,1-3H3. The molecule has 0 saturated heterocycles. The van der Waals surface area contributed by atoms with Gasteiger partial charge in [-0.3, -0.25) is 9.59 Å². The van der Waals surface area contributed by atoms with Gasteiger partial charge in [-0.25, -0.2) is 9.59 Å². The van der Waals surface area contributed by atoms with Crippen LogP contribution < -0.4 is 9.47 Å². The lowest BCUT2D eigenvalue weighted by molar-refractivity contribution is -0.132. The fourth-order valence-corrected chi connectivity index (χ4v) is 1.42. The van der Waals surface area contributed by atoms with Crippen LogP contribution in [0.1, 0.15) is 31.1 Å². The molecule has 0 radical (unpaired) electrons. The molecule has 0 bridgehead atoms. The zero-order valence-electron chi connectivity index (χ0n) is 12.2. The zero-order valence-corrected chi connectivity index (χ0v) is 12.2. The molecule has 0 heterocycles. The van der Waals surface area contributed by atoms with Crippen LogP contribution in [0.2, 0.25) is 0 Å². The maximum Gasteiger partial charge on any atom is 0.516 e. The summed E-state index contributed by atoms with van der Waals surface area (Å²) in [6, 6.07) is 3.64. The minimum atomic E-state index is -1.18. The second-order valence-corrected chi connectivity index (χ2v) is 3.92. The van der Waals surface area contributed by atoms with Crippen molar-refractivity contribution in [3.05, 3.63) is 23.8 Å². The van der Waals surface area contributed by atoms with Crippen LogP contribution >= 0.6 is 0 Å². The van der Waals surface area contributed by atoms with Crippen LogP contribution in [-0.4, -0.2) is 30.7 Å². The van der Waals surface area contributed by atoms with Crippen molar-refractivity contribution >= 4 is 24.1 Å². The molecule has 0 aliphatic carbocycles. The molecule has 0 N–H and O–H groups in total. The highest BCUT2D eigenvalue weighted by Gasteiger charge is 2.20. The Morgan fingerprint density at radius 1 is 1.00 bits per heavy atom. The van der Waals surface area contributed by atoms with Crippen molar-refractivity contribution in [2.75, 3.05) is 6.61 Å². The minimum absolute atomic E-state index is 0.0360. The Balaban J connectivity index is 3.05. The number of ether oxygens (including phenoxy) is 4. The summed E-state index contributed by atoms with van der Waals surface area (Å²) < 4.78 is 18.6. The number of hydrogen-bond acceptors (Lipinski definition) is 8. The van der Waals surface area contributed by atoms with Gasteiger partial charge in [0, 0.05) is 19.9 Å². The zero-order chi connectivity index (χ0) is 16.7. The molecule has 0 aliphatic rings. The fraction of sp³-hybridized carbons (Fsp3) is 0.286. The summed E-state index contributed by atoms with van der Waals surface area (Å²) in [5.74, 6) is -2.50. The Bertz CT molecular complexity index is 605. The number of benzene rings is 1. The second kappa shape index (κ2) is 7.77. The molecule has 0 fully saturated rings. The van der Waals surface area contributed by atoms with E-state index in [4.69, 9.17) is 9.47 Å². The third-order valence-electron chi connectivity index (χ3n) is 2.13. The predicted molar refractivity (Wildman–Crippen MR) is 71.5 cm³/mol. The molecule has 1 aromatic rings. The average molecular weight is 310 g/mol. The molecule has 0 aliphatic heterocycles. The molecule has 0 unspecified atom stereocenters. The van der Waals surface area contributed by atoms with Gasteiger partial charge in [-0.1, -0.05) is 0 Å². The smallest absolute Gasteiger partial charge is 0.434 e. The third-order valence-corrected chi connectivity index (χ3v) is 2.13. The second-order valence-electron chi connectivity index (χ2n) is 3.92. The van der Waals surface area contributed by atoms with E-state index in [1.54, 1.807) is 6.92 Å². The van der Waals surface area contributed by atoms with Crippen molar-refractivity contribution in [1.82, 2.24) is 0 Å². The van der Waals surface area contributed by atoms with Gasteiger partial charge >= 0.3 is 24.1 Å². The van der Waals surface area contributed by atoms with E-state index >= 15 is 0 Å². The van der Waals surface area contributed by atoms with Crippen molar-refractivity contribution in [3.8, 4) is 11.5 Å². The van der Waals surface area contributed by atoms with Gasteiger partial charge in [0.25, 0.3) is 0 Å². The van der Waals surface area contributed by atoms with E-state index in [1.807, 2.05) is 0 Å². The van der Waals surface area contributed by atoms with Gasteiger partial charge in [-0.2, -0.15) is 0 Å². The monoisotopic (exact) mass is 310 g/mol. The molecule has 22 heavy (non-hydrogen) atoms. The first kappa shape index (κ1) is 17.2. The summed E-state index contributed by atoms with van der Waals surface area (Å²) >= 11 is 0. The molecule has 0 spiro atoms. The van der Waals surface area contributed by atoms with Gasteiger partial charge in [0.1, 0.15) is 17.1 Å². The maximum atomic E-state index is 11.8. The van der Waals surface area contributed by atoms with Gasteiger partial charge in [-0.15, -0.1) is 0 Å². The van der Waals surface area contributed by atoms with Gasteiger partial charge in [0.2, 0.25) is 0 Å². The highest BCUT2D eigenvalue weighted by molar-refractivity contribution is 5.98. The third kappa shape index (κ3) is 5.23. The molecule has 1 rings (SSSR count). The Morgan fingerprint density at radius 3 is 2.18 bits per heavy atom. The predicted octanol–water partition coefficient (Wildman–Crippen LogP) is 1.85. The van der Waals surface area contributed by atoms with Crippen LogP contribution in [0, 0.1) is 0 Å². The first-order chi connectivity index (χ1) is 10.3. The van der Waals surface area contributed by atoms with Crippen LogP contribution in [0.4, 0.5) is 4.79 Å². The molecular weight excluding hydrogens is 296 g/mol. The van der Waals surface area contributed by atoms with Crippen LogP contribution in [0.5, 0.6) is 11.5 Å². The van der Waals surface area contributed by atoms with E-state index in [9.17, 15) is 19.2 Å². The lowest BCUT2D eigenvalue weighted by atomic mass is 10.2. The number of carbonyl (C=O) groups excluding carboxylic acids is 4. The van der Waals surface area contributed by atoms with Crippen LogP contribution in [0.3, 0.4) is 0 Å². The quantitative estimate of drug-likeness (QED) is 0.471. The Hall–Kier alpha value is -2.90.